The molecule has 7 nitrogen and oxygen atoms in total. The molecule has 2 aliphatic rings. The molecule has 124 valence electrons. The predicted molar refractivity (Wildman–Crippen MR) is 86.9 cm³/mol. The summed E-state index contributed by atoms with van der Waals surface area (Å²) >= 11 is 0. The molecule has 0 unspecified atom stereocenters. The second-order valence-corrected chi connectivity index (χ2v) is 7.04. The summed E-state index contributed by atoms with van der Waals surface area (Å²) in [5, 5.41) is 17.3. The summed E-state index contributed by atoms with van der Waals surface area (Å²) in [6.07, 6.45) is 4.13. The van der Waals surface area contributed by atoms with E-state index in [1.165, 1.54) is 6.07 Å². The summed E-state index contributed by atoms with van der Waals surface area (Å²) in [5.74, 6) is 0.0864. The van der Waals surface area contributed by atoms with Gasteiger partial charge >= 0.3 is 0 Å². The van der Waals surface area contributed by atoms with E-state index in [0.717, 1.165) is 25.7 Å². The summed E-state index contributed by atoms with van der Waals surface area (Å²) < 4.78 is 5.25. The van der Waals surface area contributed by atoms with Crippen molar-refractivity contribution in [2.45, 2.75) is 45.6 Å². The zero-order valence-electron chi connectivity index (χ0n) is 13.3. The molecule has 3 rings (SSSR count). The molecular formula is C16H21N3O4. The van der Waals surface area contributed by atoms with Crippen LogP contribution in [-0.4, -0.2) is 23.5 Å². The molecule has 1 saturated carbocycles. The van der Waals surface area contributed by atoms with Crippen LogP contribution >= 0.6 is 0 Å². The molecule has 0 spiro atoms. The van der Waals surface area contributed by atoms with Gasteiger partial charge in [-0.3, -0.25) is 14.9 Å². The van der Waals surface area contributed by atoms with Crippen LogP contribution < -0.4 is 15.4 Å². The Balaban J connectivity index is 1.84. The average molecular weight is 319 g/mol. The Hall–Kier alpha value is -2.31. The Labute approximate surface area is 134 Å². The van der Waals surface area contributed by atoms with Crippen molar-refractivity contribution in [1.82, 2.24) is 0 Å². The number of anilines is 2. The lowest BCUT2D eigenvalue weighted by Crippen LogP contribution is -2.30. The van der Waals surface area contributed by atoms with Gasteiger partial charge in [-0.15, -0.1) is 0 Å². The van der Waals surface area contributed by atoms with E-state index < -0.39 is 4.92 Å². The number of benzene rings is 1. The van der Waals surface area contributed by atoms with Gasteiger partial charge in [-0.05, 0) is 37.2 Å². The number of carbonyl (C=O) groups excluding carboxylic acids is 1. The molecule has 0 saturated heterocycles. The lowest BCUT2D eigenvalue weighted by atomic mass is 9.75. The van der Waals surface area contributed by atoms with Gasteiger partial charge in [0, 0.05) is 6.04 Å². The molecule has 1 heterocycles. The van der Waals surface area contributed by atoms with Crippen molar-refractivity contribution in [2.24, 2.45) is 5.41 Å². The van der Waals surface area contributed by atoms with E-state index in [0.29, 0.717) is 22.5 Å². The van der Waals surface area contributed by atoms with Crippen LogP contribution in [0.15, 0.2) is 12.1 Å². The fourth-order valence-electron chi connectivity index (χ4n) is 3.15. The lowest BCUT2D eigenvalue weighted by Gasteiger charge is -2.35. The minimum Gasteiger partial charge on any atom is -0.481 e. The van der Waals surface area contributed by atoms with Crippen LogP contribution in [0.4, 0.5) is 17.1 Å². The number of hydrogen-bond donors (Lipinski definition) is 2. The molecule has 1 aromatic carbocycles. The predicted octanol–water partition coefficient (Wildman–Crippen LogP) is 3.31. The van der Waals surface area contributed by atoms with Crippen molar-refractivity contribution in [2.75, 3.05) is 17.2 Å². The standard InChI is InChI=1S/C16H21N3O4/c1-16(2)5-3-10(4-6-16)17-11-7-12-14(8-13(11)19(21)22)23-9-15(20)18-12/h7-8,10,17H,3-6,9H2,1-2H3,(H,18,20). The molecule has 0 radical (unpaired) electrons. The van der Waals surface area contributed by atoms with Crippen LogP contribution in [0.2, 0.25) is 0 Å². The number of hydrogen-bond acceptors (Lipinski definition) is 5. The minimum atomic E-state index is -0.421. The summed E-state index contributed by atoms with van der Waals surface area (Å²) in [5.41, 5.74) is 1.22. The summed E-state index contributed by atoms with van der Waals surface area (Å²) in [6.45, 7) is 4.38. The molecule has 2 N–H and O–H groups in total. The van der Waals surface area contributed by atoms with Crippen molar-refractivity contribution in [3.05, 3.63) is 22.2 Å². The third-order valence-corrected chi connectivity index (χ3v) is 4.63. The Morgan fingerprint density at radius 2 is 2.04 bits per heavy atom. The fraction of sp³-hybridized carbons (Fsp3) is 0.562. The van der Waals surface area contributed by atoms with Crippen molar-refractivity contribution >= 4 is 23.0 Å². The maximum atomic E-state index is 11.4. The van der Waals surface area contributed by atoms with Gasteiger partial charge in [0.25, 0.3) is 11.6 Å². The van der Waals surface area contributed by atoms with Crippen LogP contribution in [0, 0.1) is 15.5 Å². The third-order valence-electron chi connectivity index (χ3n) is 4.63. The largest absolute Gasteiger partial charge is 0.481 e. The van der Waals surface area contributed by atoms with E-state index in [1.807, 2.05) is 0 Å². The van der Waals surface area contributed by atoms with E-state index in [4.69, 9.17) is 4.74 Å². The number of ether oxygens (including phenoxy) is 1. The zero-order valence-corrected chi connectivity index (χ0v) is 13.3. The van der Waals surface area contributed by atoms with Gasteiger partial charge < -0.3 is 15.4 Å². The van der Waals surface area contributed by atoms with Gasteiger partial charge in [-0.2, -0.15) is 0 Å². The number of nitro benzene ring substituents is 1. The number of carbonyl (C=O) groups is 1. The molecule has 7 heteroatoms. The highest BCUT2D eigenvalue weighted by Gasteiger charge is 2.29. The Morgan fingerprint density at radius 3 is 2.70 bits per heavy atom. The Morgan fingerprint density at radius 1 is 1.35 bits per heavy atom. The van der Waals surface area contributed by atoms with Gasteiger partial charge in [-0.25, -0.2) is 0 Å². The Kier molecular flexibility index (Phi) is 3.87. The number of nitrogens with one attached hydrogen (secondary N) is 2. The monoisotopic (exact) mass is 319 g/mol. The van der Waals surface area contributed by atoms with E-state index in [-0.39, 0.29) is 24.2 Å². The highest BCUT2D eigenvalue weighted by atomic mass is 16.6. The average Bonchev–Trinajstić information content (AvgIpc) is 2.48. The maximum absolute atomic E-state index is 11.4. The number of rotatable bonds is 3. The quantitative estimate of drug-likeness (QED) is 0.658. The minimum absolute atomic E-state index is 0.0234. The fourth-order valence-corrected chi connectivity index (χ4v) is 3.15. The molecule has 0 bridgehead atoms. The second-order valence-electron chi connectivity index (χ2n) is 7.04. The molecule has 1 fully saturated rings. The Bertz CT molecular complexity index is 647. The summed E-state index contributed by atoms with van der Waals surface area (Å²) in [4.78, 5) is 22.3. The first-order valence-corrected chi connectivity index (χ1v) is 7.86. The van der Waals surface area contributed by atoms with Crippen LogP contribution in [-0.2, 0) is 4.79 Å². The van der Waals surface area contributed by atoms with E-state index in [1.54, 1.807) is 6.07 Å². The van der Waals surface area contributed by atoms with Gasteiger partial charge in [-0.1, -0.05) is 13.8 Å². The molecule has 1 aromatic rings. The molecule has 1 amide bonds. The molecule has 1 aliphatic heterocycles. The van der Waals surface area contributed by atoms with E-state index >= 15 is 0 Å². The number of amides is 1. The van der Waals surface area contributed by atoms with Crippen molar-refractivity contribution < 1.29 is 14.5 Å². The second kappa shape index (κ2) is 5.72. The molecule has 0 atom stereocenters. The highest BCUT2D eigenvalue weighted by molar-refractivity contribution is 5.96. The number of nitrogens with zero attached hydrogens (tertiary/aromatic N) is 1. The van der Waals surface area contributed by atoms with Crippen molar-refractivity contribution in [1.29, 1.82) is 0 Å². The first kappa shape index (κ1) is 15.6. The van der Waals surface area contributed by atoms with Gasteiger partial charge in [0.05, 0.1) is 16.7 Å². The number of fused-ring (bicyclic) bond motifs is 1. The van der Waals surface area contributed by atoms with Crippen LogP contribution in [0.3, 0.4) is 0 Å². The van der Waals surface area contributed by atoms with Crippen molar-refractivity contribution in [3.8, 4) is 5.75 Å². The molecule has 23 heavy (non-hydrogen) atoms. The summed E-state index contributed by atoms with van der Waals surface area (Å²) in [7, 11) is 0. The smallest absolute Gasteiger partial charge is 0.296 e. The first-order valence-electron chi connectivity index (χ1n) is 7.86. The zero-order chi connectivity index (χ0) is 16.6. The van der Waals surface area contributed by atoms with Gasteiger partial charge in [0.2, 0.25) is 0 Å². The number of nitro groups is 1. The van der Waals surface area contributed by atoms with Gasteiger partial charge in [0.1, 0.15) is 5.69 Å². The first-order chi connectivity index (χ1) is 10.8. The normalized spacial score (nSPS) is 20.2. The maximum Gasteiger partial charge on any atom is 0.296 e. The highest BCUT2D eigenvalue weighted by Crippen LogP contribution is 2.40. The molecule has 1 aliphatic carbocycles. The molecule has 0 aromatic heterocycles. The third kappa shape index (κ3) is 3.38. The van der Waals surface area contributed by atoms with E-state index in [2.05, 4.69) is 24.5 Å². The van der Waals surface area contributed by atoms with Crippen LogP contribution in [0.5, 0.6) is 5.75 Å². The SMILES string of the molecule is CC1(C)CCC(Nc2cc3c(cc2[N+](=O)[O-])OCC(=O)N3)CC1. The van der Waals surface area contributed by atoms with Crippen LogP contribution in [0.1, 0.15) is 39.5 Å². The molecular weight excluding hydrogens is 298 g/mol. The van der Waals surface area contributed by atoms with E-state index in [9.17, 15) is 14.9 Å². The van der Waals surface area contributed by atoms with Crippen LogP contribution in [0.25, 0.3) is 0 Å². The van der Waals surface area contributed by atoms with Gasteiger partial charge in [0.15, 0.2) is 12.4 Å². The lowest BCUT2D eigenvalue weighted by molar-refractivity contribution is -0.384. The summed E-state index contributed by atoms with van der Waals surface area (Å²) in [6, 6.07) is 3.19. The van der Waals surface area contributed by atoms with Crippen molar-refractivity contribution in [3.63, 3.8) is 0 Å². The topological polar surface area (TPSA) is 93.5 Å².